The number of cyclic esters (lactones) is 1. The lowest BCUT2D eigenvalue weighted by Gasteiger charge is -2.49. The normalized spacial score (nSPS) is 37.8. The van der Waals surface area contributed by atoms with Crippen molar-refractivity contribution in [2.24, 2.45) is 17.8 Å². The van der Waals surface area contributed by atoms with Crippen molar-refractivity contribution < 1.29 is 82.2 Å². The highest BCUT2D eigenvalue weighted by molar-refractivity contribution is 5.93. The van der Waals surface area contributed by atoms with Crippen LogP contribution in [0.5, 0.6) is 5.75 Å². The highest BCUT2D eigenvalue weighted by Gasteiger charge is 2.54. The molecule has 1 saturated carbocycles. The minimum atomic E-state index is -1.64. The van der Waals surface area contributed by atoms with Crippen LogP contribution >= 0.6 is 0 Å². The van der Waals surface area contributed by atoms with Gasteiger partial charge >= 0.3 is 17.9 Å². The number of pyridine rings is 1. The molecule has 1 aliphatic carbocycles. The molecular formula is C57H91N3O18. The van der Waals surface area contributed by atoms with Gasteiger partial charge in [0.05, 0.1) is 66.5 Å². The van der Waals surface area contributed by atoms with E-state index < -0.39 is 107 Å². The molecule has 0 spiro atoms. The van der Waals surface area contributed by atoms with Gasteiger partial charge in [0.15, 0.2) is 18.7 Å². The zero-order valence-corrected chi connectivity index (χ0v) is 48.7. The van der Waals surface area contributed by atoms with Gasteiger partial charge < -0.3 is 82.2 Å². The van der Waals surface area contributed by atoms with Gasteiger partial charge in [-0.25, -0.2) is 4.79 Å². The Bertz CT molecular complexity index is 2400. The van der Waals surface area contributed by atoms with E-state index in [2.05, 4.69) is 4.90 Å². The Balaban J connectivity index is 1.18. The van der Waals surface area contributed by atoms with Crippen molar-refractivity contribution in [3.8, 4) is 5.75 Å². The number of nitrogens with zero attached hydrogens (tertiary/aromatic N) is 3. The molecule has 0 amide bonds. The largest absolute Gasteiger partial charge is 0.491 e. The molecule has 0 radical (unpaired) electrons. The molecule has 3 saturated heterocycles. The molecule has 21 nitrogen and oxygen atoms in total. The number of carboxylic acid groups (broad SMARTS) is 1. The Morgan fingerprint density at radius 2 is 1.60 bits per heavy atom. The molecule has 0 bridgehead atoms. The van der Waals surface area contributed by atoms with Crippen molar-refractivity contribution in [1.82, 2.24) is 14.4 Å². The maximum Gasteiger partial charge on any atom is 0.341 e. The van der Waals surface area contributed by atoms with Gasteiger partial charge in [0.25, 0.3) is 0 Å². The minimum Gasteiger partial charge on any atom is -0.491 e. The third-order valence-corrected chi connectivity index (χ3v) is 16.8. The maximum absolute atomic E-state index is 14.7. The van der Waals surface area contributed by atoms with Crippen LogP contribution in [0.4, 0.5) is 0 Å². The fraction of sp³-hybridized carbons (Fsp3) is 0.789. The highest BCUT2D eigenvalue weighted by atomic mass is 16.7. The molecule has 18 atom stereocenters. The molecule has 2 unspecified atom stereocenters. The molecule has 4 N–H and O–H groups in total. The van der Waals surface area contributed by atoms with E-state index in [-0.39, 0.29) is 86.6 Å². The molecular weight excluding hydrogens is 1010 g/mol. The maximum atomic E-state index is 14.7. The number of ether oxygens (including phenoxy) is 10. The number of rotatable bonds is 18. The molecule has 4 heterocycles. The zero-order chi connectivity index (χ0) is 57.8. The van der Waals surface area contributed by atoms with E-state index in [0.29, 0.717) is 24.2 Å². The van der Waals surface area contributed by atoms with Gasteiger partial charge in [-0.15, -0.1) is 0 Å². The molecule has 21 heteroatoms. The van der Waals surface area contributed by atoms with Crippen LogP contribution in [-0.4, -0.2) is 205 Å². The zero-order valence-electron chi connectivity index (χ0n) is 48.7. The number of fused-ring (bicyclic) bond motifs is 1. The van der Waals surface area contributed by atoms with Gasteiger partial charge in [-0.1, -0.05) is 20.8 Å². The van der Waals surface area contributed by atoms with Crippen LogP contribution in [0.1, 0.15) is 131 Å². The number of methoxy groups -OCH3 is 2. The van der Waals surface area contributed by atoms with Crippen LogP contribution in [0.25, 0.3) is 10.9 Å². The number of aliphatic hydroxyl groups excluding tert-OH is 1. The first kappa shape index (κ1) is 63.3. The first-order valence-corrected chi connectivity index (χ1v) is 27.8. The van der Waals surface area contributed by atoms with Crippen LogP contribution < -0.4 is 10.2 Å². The standard InChI is InChI=1S/C57H91N3O18/c1-16-43-57(10,68)50(69-14)35(6)59(13)29-31(2)27-55(8,67)49(78-54-47(63)42(58(11)12)25-32(3)73-54)33(4)48(34(5)53(66)75-43)77-45-28-56(9,70-15)51(36(7)74-45)76-44(61)21-22-71-23-24-72-38-19-20-41-39(26-38)46(62)40(52(64)65)30-60(41)37-17-18-37/h19-20,26,30-37,42-43,45,47-51,54,63,67-68H,16-18,21-25,27-29H2,1-15H3,(H,64,65)/t31-,32-,33+,34-,35-,36+,42+,43-,45?,47-,48+,49-,50-,51+,54?,55-,56-,57-/m1/s1. The van der Waals surface area contributed by atoms with E-state index in [1.54, 1.807) is 46.8 Å². The Kier molecular flexibility index (Phi) is 21.4. The number of likely N-dealkylation sites (N-methyl/N-ethyl adjacent to an activating group) is 2. The van der Waals surface area contributed by atoms with Crippen molar-refractivity contribution in [1.29, 1.82) is 0 Å². The van der Waals surface area contributed by atoms with Crippen molar-refractivity contribution >= 4 is 28.8 Å². The van der Waals surface area contributed by atoms with Crippen molar-refractivity contribution in [2.75, 3.05) is 61.7 Å². The van der Waals surface area contributed by atoms with E-state index in [0.717, 1.165) is 12.8 Å². The van der Waals surface area contributed by atoms with Crippen molar-refractivity contribution in [3.05, 3.63) is 40.2 Å². The van der Waals surface area contributed by atoms with Crippen LogP contribution in [0.15, 0.2) is 29.2 Å². The molecule has 1 aromatic heterocycles. The van der Waals surface area contributed by atoms with E-state index in [9.17, 15) is 39.6 Å². The molecule has 78 heavy (non-hydrogen) atoms. The quantitative estimate of drug-likeness (QED) is 0.114. The SMILES string of the molecule is CC[C@H]1OC(=O)[C@H](C)[C@@H](OC2C[C@@](C)(OC)[C@@H](OC(=O)CCOCCOc3ccc4c(c3)c(=O)c(C(=O)O)cn4C3CC3)[C@H](C)O2)[C@H](C)[C@@H](OC2O[C@H](C)C[C@H](N(C)C)[C@H]2O)[C@](C)(O)C[C@@H](C)CN(C)[C@H](C)[C@@H](OC)[C@]1(C)O. The van der Waals surface area contributed by atoms with E-state index in [4.69, 9.17) is 47.4 Å². The summed E-state index contributed by atoms with van der Waals surface area (Å²) in [5.74, 6) is -4.23. The van der Waals surface area contributed by atoms with E-state index in [1.807, 2.05) is 65.2 Å². The molecule has 6 rings (SSSR count). The lowest BCUT2D eigenvalue weighted by Crippen LogP contribution is -2.61. The number of carbonyl (C=O) groups excluding carboxylic acids is 2. The summed E-state index contributed by atoms with van der Waals surface area (Å²) in [6, 6.07) is 4.48. The third-order valence-electron chi connectivity index (χ3n) is 16.8. The highest BCUT2D eigenvalue weighted by Crippen LogP contribution is 2.42. The summed E-state index contributed by atoms with van der Waals surface area (Å²) in [4.78, 5) is 57.0. The monoisotopic (exact) mass is 1110 g/mol. The van der Waals surface area contributed by atoms with E-state index in [1.165, 1.54) is 26.5 Å². The average molecular weight is 1110 g/mol. The molecule has 3 aliphatic heterocycles. The summed E-state index contributed by atoms with van der Waals surface area (Å²) < 4.78 is 64.4. The summed E-state index contributed by atoms with van der Waals surface area (Å²) in [5.41, 5.74) is -4.67. The fourth-order valence-corrected chi connectivity index (χ4v) is 12.3. The lowest BCUT2D eigenvalue weighted by atomic mass is 9.77. The smallest absolute Gasteiger partial charge is 0.341 e. The fourth-order valence-electron chi connectivity index (χ4n) is 12.3. The second-order valence-electron chi connectivity index (χ2n) is 23.5. The number of hydrogen-bond donors (Lipinski definition) is 4. The summed E-state index contributed by atoms with van der Waals surface area (Å²) in [7, 11) is 8.69. The summed E-state index contributed by atoms with van der Waals surface area (Å²) in [6.45, 7) is 18.6. The number of aliphatic hydroxyl groups is 3. The number of carboxylic acids is 1. The van der Waals surface area contributed by atoms with Crippen LogP contribution in [0, 0.1) is 17.8 Å². The number of carbonyl (C=O) groups is 3. The second kappa shape index (κ2) is 26.4. The van der Waals surface area contributed by atoms with Gasteiger partial charge in [0.1, 0.15) is 47.4 Å². The van der Waals surface area contributed by atoms with Crippen LogP contribution in [0.3, 0.4) is 0 Å². The number of aromatic carboxylic acids is 1. The van der Waals surface area contributed by atoms with Crippen LogP contribution in [0.2, 0.25) is 0 Å². The Morgan fingerprint density at radius 3 is 2.22 bits per heavy atom. The molecule has 442 valence electrons. The van der Waals surface area contributed by atoms with Gasteiger partial charge in [-0.05, 0) is 126 Å². The Hall–Kier alpha value is -3.84. The Labute approximate surface area is 460 Å². The molecule has 2 aromatic rings. The molecule has 4 fully saturated rings. The third kappa shape index (κ3) is 14.6. The number of benzene rings is 1. The topological polar surface area (TPSA) is 253 Å². The second-order valence-corrected chi connectivity index (χ2v) is 23.5. The molecule has 1 aromatic carbocycles. The van der Waals surface area contributed by atoms with Gasteiger partial charge in [0.2, 0.25) is 5.43 Å². The Morgan fingerprint density at radius 1 is 0.910 bits per heavy atom. The van der Waals surface area contributed by atoms with Gasteiger partial charge in [0, 0.05) is 57.4 Å². The lowest BCUT2D eigenvalue weighted by molar-refractivity contribution is -0.318. The minimum absolute atomic E-state index is 0.00146. The number of aromatic nitrogens is 1. The number of esters is 2. The number of hydrogen-bond acceptors (Lipinski definition) is 19. The van der Waals surface area contributed by atoms with Gasteiger partial charge in [-0.3, -0.25) is 14.4 Å². The predicted molar refractivity (Wildman–Crippen MR) is 287 cm³/mol. The first-order chi connectivity index (χ1) is 36.6. The average Bonchev–Trinajstić information content (AvgIpc) is 4.25. The molecule has 4 aliphatic rings. The van der Waals surface area contributed by atoms with Crippen molar-refractivity contribution in [2.45, 2.75) is 211 Å². The van der Waals surface area contributed by atoms with Gasteiger partial charge in [-0.2, -0.15) is 0 Å². The predicted octanol–water partition coefficient (Wildman–Crippen LogP) is 4.94. The van der Waals surface area contributed by atoms with E-state index >= 15 is 0 Å². The first-order valence-electron chi connectivity index (χ1n) is 27.8. The summed E-state index contributed by atoms with van der Waals surface area (Å²) >= 11 is 0. The van der Waals surface area contributed by atoms with Crippen LogP contribution in [-0.2, 0) is 52.2 Å². The van der Waals surface area contributed by atoms with Crippen molar-refractivity contribution in [3.63, 3.8) is 0 Å². The summed E-state index contributed by atoms with van der Waals surface area (Å²) in [6.07, 6.45) is -5.20. The summed E-state index contributed by atoms with van der Waals surface area (Å²) in [5, 5.41) is 46.8.